The van der Waals surface area contributed by atoms with Gasteiger partial charge in [-0.05, 0) is 95.6 Å². The van der Waals surface area contributed by atoms with Crippen LogP contribution in [-0.4, -0.2) is 97.3 Å². The van der Waals surface area contributed by atoms with Crippen molar-refractivity contribution < 1.29 is 48.0 Å². The maximum Gasteiger partial charge on any atom is 0.329 e. The van der Waals surface area contributed by atoms with Gasteiger partial charge in [0.05, 0.1) is 44.5 Å². The molecule has 0 saturated carbocycles. The van der Waals surface area contributed by atoms with E-state index in [2.05, 4.69) is 17.2 Å². The largest absolute Gasteiger partial charge is 0.497 e. The van der Waals surface area contributed by atoms with Crippen LogP contribution in [0.25, 0.3) is 0 Å². The topological polar surface area (TPSA) is 164 Å². The fourth-order valence-corrected chi connectivity index (χ4v) is 11.2. The van der Waals surface area contributed by atoms with Gasteiger partial charge < -0.3 is 34.3 Å². The second kappa shape index (κ2) is 21.5. The molecule has 3 saturated heterocycles. The lowest BCUT2D eigenvalue weighted by molar-refractivity contribution is -0.179. The van der Waals surface area contributed by atoms with Crippen molar-refractivity contribution in [3.05, 3.63) is 161 Å². The van der Waals surface area contributed by atoms with Gasteiger partial charge in [-0.2, -0.15) is 0 Å². The van der Waals surface area contributed by atoms with E-state index in [0.717, 1.165) is 42.6 Å². The zero-order valence-corrected chi connectivity index (χ0v) is 41.0. The second-order valence-corrected chi connectivity index (χ2v) is 19.0. The Morgan fingerprint density at radius 3 is 2.04 bits per heavy atom. The van der Waals surface area contributed by atoms with E-state index in [1.165, 1.54) is 7.11 Å². The first-order valence-electron chi connectivity index (χ1n) is 24.8. The maximum atomic E-state index is 16.9. The maximum absolute atomic E-state index is 16.9. The third-order valence-corrected chi connectivity index (χ3v) is 14.5. The first-order valence-corrected chi connectivity index (χ1v) is 24.8. The minimum absolute atomic E-state index is 0.0279. The van der Waals surface area contributed by atoms with Gasteiger partial charge in [-0.3, -0.25) is 19.3 Å². The molecular weight excluding hydrogens is 913 g/mol. The van der Waals surface area contributed by atoms with E-state index in [-0.39, 0.29) is 18.9 Å². The number of fused-ring (bicyclic) bond motifs is 3. The summed E-state index contributed by atoms with van der Waals surface area (Å²) < 4.78 is 23.2. The van der Waals surface area contributed by atoms with E-state index >= 15 is 19.2 Å². The van der Waals surface area contributed by atoms with Crippen LogP contribution in [0.15, 0.2) is 127 Å². The van der Waals surface area contributed by atoms with Crippen LogP contribution in [0.2, 0.25) is 0 Å². The molecule has 72 heavy (non-hydrogen) atoms. The minimum atomic E-state index is -2.06. The van der Waals surface area contributed by atoms with Crippen LogP contribution in [-0.2, 0) is 34.1 Å². The lowest BCUT2D eigenvalue weighted by Gasteiger charge is -2.46. The number of ether oxygens (including phenoxy) is 4. The molecule has 4 aliphatic heterocycles. The number of nitrogens with one attached hydrogen (secondary N) is 1. The average molecular weight is 973 g/mol. The fraction of sp³-hybridized carbons (Fsp3) is 0.362. The monoisotopic (exact) mass is 972 g/mol. The predicted octanol–water partition coefficient (Wildman–Crippen LogP) is 7.83. The Morgan fingerprint density at radius 1 is 0.750 bits per heavy atom. The number of imide groups is 1. The number of aliphatic hydroxyl groups excluding tert-OH is 1. The molecule has 7 unspecified atom stereocenters. The molecule has 0 radical (unpaired) electrons. The first kappa shape index (κ1) is 49.5. The quantitative estimate of drug-likeness (QED) is 0.0980. The van der Waals surface area contributed by atoms with Crippen LogP contribution in [0.3, 0.4) is 0 Å². The standard InChI is InChI=1S/C58H60N4O10/c1-37(2)48(54(65)70-4)59-57(68)61-46-30-27-39(24-23-38-25-28-43(69-3)29-26-38)35-45(46)58(56(61)67)47(53(64)60-31-14-6-5-7-15-32-60)50-55(66)72-51(41-19-12-9-13-20-41)49(40-17-10-8-11-18-40)62(50)52(58)42-21-16-22-44(36-42)71-34-33-63/h8-13,16-22,25-30,35-37,47-52,63H,5-7,14-15,31-34H2,1-4H3,(H,59,68). The molecule has 5 aromatic carbocycles. The average Bonchev–Trinajstić information content (AvgIpc) is 3.85. The van der Waals surface area contributed by atoms with Crippen LogP contribution in [0.4, 0.5) is 10.5 Å². The van der Waals surface area contributed by atoms with Crippen molar-refractivity contribution in [2.24, 2.45) is 11.8 Å². The summed E-state index contributed by atoms with van der Waals surface area (Å²) in [6.45, 7) is 4.00. The third-order valence-electron chi connectivity index (χ3n) is 14.5. The van der Waals surface area contributed by atoms with Gasteiger partial charge in [0.1, 0.15) is 41.7 Å². The molecule has 3 fully saturated rings. The summed E-state index contributed by atoms with van der Waals surface area (Å²) in [5.41, 5.74) is 1.52. The number of amides is 4. The molecule has 5 aromatic rings. The number of urea groups is 1. The number of aliphatic hydroxyl groups is 1. The molecule has 0 aliphatic carbocycles. The number of rotatable bonds is 11. The molecule has 14 nitrogen and oxygen atoms in total. The highest BCUT2D eigenvalue weighted by Gasteiger charge is 2.76. The van der Waals surface area contributed by atoms with Gasteiger partial charge in [-0.25, -0.2) is 14.5 Å². The number of esters is 2. The molecular formula is C58H60N4O10. The van der Waals surface area contributed by atoms with E-state index in [1.807, 2.05) is 83.8 Å². The van der Waals surface area contributed by atoms with E-state index in [1.54, 1.807) is 74.4 Å². The number of carbonyl (C=O) groups excluding carboxylic acids is 5. The Bertz CT molecular complexity index is 2860. The summed E-state index contributed by atoms with van der Waals surface area (Å²) in [5, 5.41) is 12.7. The van der Waals surface area contributed by atoms with Gasteiger partial charge in [0.2, 0.25) is 11.8 Å². The number of hydrogen-bond donors (Lipinski definition) is 2. The number of benzene rings is 5. The minimum Gasteiger partial charge on any atom is -0.497 e. The molecule has 7 atom stereocenters. The molecule has 4 heterocycles. The Morgan fingerprint density at radius 2 is 1.39 bits per heavy atom. The van der Waals surface area contributed by atoms with E-state index in [4.69, 9.17) is 18.9 Å². The van der Waals surface area contributed by atoms with Crippen molar-refractivity contribution in [3.63, 3.8) is 0 Å². The summed E-state index contributed by atoms with van der Waals surface area (Å²) in [4.78, 5) is 82.2. The van der Waals surface area contributed by atoms with Crippen LogP contribution >= 0.6 is 0 Å². The summed E-state index contributed by atoms with van der Waals surface area (Å²) >= 11 is 0. The van der Waals surface area contributed by atoms with Crippen molar-refractivity contribution in [2.75, 3.05) is 45.4 Å². The number of morpholine rings is 1. The number of likely N-dealkylation sites (tertiary alicyclic amines) is 1. The Kier molecular flexibility index (Phi) is 14.8. The number of nitrogens with zero attached hydrogens (tertiary/aromatic N) is 3. The highest BCUT2D eigenvalue weighted by atomic mass is 16.6. The zero-order valence-electron chi connectivity index (χ0n) is 41.0. The van der Waals surface area contributed by atoms with Crippen LogP contribution in [0, 0.1) is 23.7 Å². The molecule has 4 amide bonds. The smallest absolute Gasteiger partial charge is 0.329 e. The lowest BCUT2D eigenvalue weighted by atomic mass is 9.64. The van der Waals surface area contributed by atoms with Gasteiger partial charge in [0.15, 0.2) is 0 Å². The second-order valence-electron chi connectivity index (χ2n) is 19.0. The zero-order chi connectivity index (χ0) is 50.5. The Labute approximate surface area is 420 Å². The van der Waals surface area contributed by atoms with Gasteiger partial charge in [-0.15, -0.1) is 0 Å². The highest BCUT2D eigenvalue weighted by molar-refractivity contribution is 6.25. The number of cyclic esters (lactones) is 1. The van der Waals surface area contributed by atoms with Crippen LogP contribution in [0.1, 0.15) is 97.5 Å². The van der Waals surface area contributed by atoms with Gasteiger partial charge >= 0.3 is 18.0 Å². The molecule has 9 rings (SSSR count). The molecule has 14 heteroatoms. The van der Waals surface area contributed by atoms with Crippen molar-refractivity contribution in [2.45, 2.75) is 81.6 Å². The van der Waals surface area contributed by atoms with Crippen molar-refractivity contribution in [1.29, 1.82) is 0 Å². The number of methoxy groups -OCH3 is 2. The highest BCUT2D eigenvalue weighted by Crippen LogP contribution is 2.66. The normalized spacial score (nSPS) is 23.2. The summed E-state index contributed by atoms with van der Waals surface area (Å²) in [6, 6.07) is 33.1. The lowest BCUT2D eigenvalue weighted by Crippen LogP contribution is -2.58. The Hall–Kier alpha value is -7.47. The van der Waals surface area contributed by atoms with Crippen molar-refractivity contribution >= 4 is 35.5 Å². The summed E-state index contributed by atoms with van der Waals surface area (Å²) in [7, 11) is 2.81. The summed E-state index contributed by atoms with van der Waals surface area (Å²) in [6.07, 6.45) is 3.33. The van der Waals surface area contributed by atoms with E-state index < -0.39 is 77.3 Å². The van der Waals surface area contributed by atoms with Gasteiger partial charge in [0, 0.05) is 24.2 Å². The number of hydrogen-bond acceptors (Lipinski definition) is 11. The number of anilines is 1. The van der Waals surface area contributed by atoms with E-state index in [0.29, 0.717) is 52.4 Å². The molecule has 0 bridgehead atoms. The SMILES string of the molecule is COC(=O)C(NC(=O)N1C(=O)C2(c3cc(C#Cc4ccc(OC)cc4)ccc31)C(C(=O)N1CCCCCCC1)C1C(=O)OC(c3ccccc3)C(c3ccccc3)N1C2c1cccc(OCCO)c1)C(C)C. The third kappa shape index (κ3) is 9.19. The predicted molar refractivity (Wildman–Crippen MR) is 269 cm³/mol. The van der Waals surface area contributed by atoms with Crippen molar-refractivity contribution in [1.82, 2.24) is 15.1 Å². The fourth-order valence-electron chi connectivity index (χ4n) is 11.2. The number of carbonyl (C=O) groups is 5. The van der Waals surface area contributed by atoms with Crippen molar-refractivity contribution in [3.8, 4) is 23.3 Å². The van der Waals surface area contributed by atoms with E-state index in [9.17, 15) is 9.90 Å². The van der Waals surface area contributed by atoms with Crippen LogP contribution in [0.5, 0.6) is 11.5 Å². The molecule has 4 aliphatic rings. The first-order chi connectivity index (χ1) is 35.0. The van der Waals surface area contributed by atoms with Crippen LogP contribution < -0.4 is 19.7 Å². The van der Waals surface area contributed by atoms with Gasteiger partial charge in [-0.1, -0.05) is 118 Å². The molecule has 2 N–H and O–H groups in total. The molecule has 1 spiro atoms. The van der Waals surface area contributed by atoms with Gasteiger partial charge in [0.25, 0.3) is 0 Å². The summed E-state index contributed by atoms with van der Waals surface area (Å²) in [5.74, 6) is 3.03. The Balaban J connectivity index is 1.37. The molecule has 372 valence electrons. The molecule has 0 aromatic heterocycles.